The zero-order chi connectivity index (χ0) is 33.5. The number of nitrogens with zero attached hydrogens (tertiary/aromatic N) is 4. The van der Waals surface area contributed by atoms with Crippen LogP contribution >= 0.6 is 0 Å². The van der Waals surface area contributed by atoms with E-state index in [1.54, 1.807) is 12.1 Å². The summed E-state index contributed by atoms with van der Waals surface area (Å²) in [5.74, 6) is -3.27. The number of halogens is 3. The SMILES string of the molecule is COCCn1c(Cc2cc(F)c(-c3cccc(OCc4ccc5c(c4)CN(S(C)(=O)=O)C5)n3)cc2F)nc2c(F)cc(C(=O)O)cc21. The lowest BCUT2D eigenvalue weighted by atomic mass is 10.0. The Kier molecular flexibility index (Phi) is 8.74. The Bertz CT molecular complexity index is 2140. The van der Waals surface area contributed by atoms with E-state index in [1.165, 1.54) is 34.4 Å². The number of ether oxygens (including phenoxy) is 2. The highest BCUT2D eigenvalue weighted by molar-refractivity contribution is 7.88. The van der Waals surface area contributed by atoms with Crippen molar-refractivity contribution in [3.8, 4) is 17.1 Å². The highest BCUT2D eigenvalue weighted by atomic mass is 32.2. The fourth-order valence-corrected chi connectivity index (χ4v) is 6.30. The third-order valence-electron chi connectivity index (χ3n) is 7.96. The number of pyridine rings is 1. The summed E-state index contributed by atoms with van der Waals surface area (Å²) in [5, 5.41) is 9.38. The van der Waals surface area contributed by atoms with Crippen LogP contribution < -0.4 is 4.74 Å². The highest BCUT2D eigenvalue weighted by Crippen LogP contribution is 2.30. The number of methoxy groups -OCH3 is 1. The number of aromatic carboxylic acids is 1. The molecule has 2 aromatic heterocycles. The third-order valence-corrected chi connectivity index (χ3v) is 9.15. The summed E-state index contributed by atoms with van der Waals surface area (Å²) in [6.45, 7) is 1.08. The molecule has 1 N–H and O–H groups in total. The first-order valence-corrected chi connectivity index (χ1v) is 16.3. The third kappa shape index (κ3) is 6.70. The molecule has 0 amide bonds. The molecule has 6 rings (SSSR count). The van der Waals surface area contributed by atoms with Crippen molar-refractivity contribution in [2.24, 2.45) is 0 Å². The van der Waals surface area contributed by atoms with Crippen LogP contribution in [0, 0.1) is 17.5 Å². The van der Waals surface area contributed by atoms with E-state index in [-0.39, 0.29) is 77.8 Å². The number of imidazole rings is 1. The summed E-state index contributed by atoms with van der Waals surface area (Å²) in [7, 11) is -1.85. The molecule has 0 saturated heterocycles. The number of aromatic nitrogens is 3. The Hall–Kier alpha value is -4.79. The predicted molar refractivity (Wildman–Crippen MR) is 166 cm³/mol. The normalized spacial score (nSPS) is 13.3. The number of hydrogen-bond donors (Lipinski definition) is 1. The lowest BCUT2D eigenvalue weighted by molar-refractivity contribution is 0.0696. The molecular weight excluding hydrogens is 637 g/mol. The van der Waals surface area contributed by atoms with E-state index >= 15 is 8.78 Å². The molecule has 0 spiro atoms. The van der Waals surface area contributed by atoms with E-state index in [9.17, 15) is 22.7 Å². The monoisotopic (exact) mass is 666 g/mol. The molecule has 5 aromatic rings. The molecule has 0 unspecified atom stereocenters. The van der Waals surface area contributed by atoms with Crippen LogP contribution in [-0.4, -0.2) is 58.3 Å². The van der Waals surface area contributed by atoms with Gasteiger partial charge < -0.3 is 19.1 Å². The van der Waals surface area contributed by atoms with Gasteiger partial charge in [-0.3, -0.25) is 0 Å². The van der Waals surface area contributed by atoms with Crippen molar-refractivity contribution in [1.29, 1.82) is 0 Å². The van der Waals surface area contributed by atoms with Gasteiger partial charge in [0.05, 0.1) is 29.6 Å². The van der Waals surface area contributed by atoms with Crippen molar-refractivity contribution in [1.82, 2.24) is 18.8 Å². The summed E-state index contributed by atoms with van der Waals surface area (Å²) in [6.07, 6.45) is 0.968. The summed E-state index contributed by atoms with van der Waals surface area (Å²) in [4.78, 5) is 20.2. The summed E-state index contributed by atoms with van der Waals surface area (Å²) in [5.41, 5.74) is 2.44. The lowest BCUT2D eigenvalue weighted by Gasteiger charge is -2.12. The van der Waals surface area contributed by atoms with E-state index in [2.05, 4.69) is 9.97 Å². The second kappa shape index (κ2) is 12.8. The standard InChI is InChI=1S/C33H29F3N4O6S/c1-45-9-8-40-29-13-22(33(41)42)12-27(36)32(29)38-30(40)14-21-11-26(35)24(15-25(21)34)28-4-3-5-31(37-28)46-18-19-6-7-20-16-39(47(2,43)44)17-23(20)10-19/h3-7,10-13,15H,8-9,14,16-18H2,1-2H3,(H,41,42). The average Bonchev–Trinajstić information content (AvgIpc) is 3.62. The van der Waals surface area contributed by atoms with E-state index in [0.29, 0.717) is 6.54 Å². The Morgan fingerprint density at radius 2 is 1.74 bits per heavy atom. The Balaban J connectivity index is 1.22. The molecule has 0 bridgehead atoms. The minimum absolute atomic E-state index is 0.0439. The van der Waals surface area contributed by atoms with Crippen molar-refractivity contribution < 1.29 is 41.0 Å². The average molecular weight is 667 g/mol. The van der Waals surface area contributed by atoms with Crippen LogP contribution in [0.1, 0.15) is 38.4 Å². The van der Waals surface area contributed by atoms with E-state index in [4.69, 9.17) is 9.47 Å². The predicted octanol–water partition coefficient (Wildman–Crippen LogP) is 5.31. The Labute approximate surface area is 268 Å². The van der Waals surface area contributed by atoms with Crippen molar-refractivity contribution in [3.63, 3.8) is 0 Å². The maximum Gasteiger partial charge on any atom is 0.335 e. The number of sulfonamides is 1. The second-order valence-electron chi connectivity index (χ2n) is 11.2. The van der Waals surface area contributed by atoms with Gasteiger partial charge in [-0.1, -0.05) is 24.3 Å². The van der Waals surface area contributed by atoms with Crippen LogP contribution in [0.2, 0.25) is 0 Å². The number of carbonyl (C=O) groups is 1. The highest BCUT2D eigenvalue weighted by Gasteiger charge is 2.26. The Morgan fingerprint density at radius 3 is 2.49 bits per heavy atom. The minimum atomic E-state index is -3.32. The van der Waals surface area contributed by atoms with Gasteiger partial charge in [0.1, 0.15) is 29.6 Å². The molecule has 3 heterocycles. The molecule has 0 atom stereocenters. The number of carboxylic acid groups (broad SMARTS) is 1. The zero-order valence-electron chi connectivity index (χ0n) is 25.3. The molecule has 0 fully saturated rings. The largest absolute Gasteiger partial charge is 0.478 e. The molecule has 3 aromatic carbocycles. The first-order chi connectivity index (χ1) is 22.4. The summed E-state index contributed by atoms with van der Waals surface area (Å²) >= 11 is 0. The Morgan fingerprint density at radius 1 is 0.957 bits per heavy atom. The summed E-state index contributed by atoms with van der Waals surface area (Å²) < 4.78 is 83.5. The first kappa shape index (κ1) is 32.2. The van der Waals surface area contributed by atoms with E-state index in [1.807, 2.05) is 18.2 Å². The topological polar surface area (TPSA) is 124 Å². The molecule has 1 aliphatic rings. The van der Waals surface area contributed by atoms with Gasteiger partial charge in [0.15, 0.2) is 5.82 Å². The molecule has 244 valence electrons. The number of fused-ring (bicyclic) bond motifs is 2. The lowest BCUT2D eigenvalue weighted by Crippen LogP contribution is -2.23. The number of benzene rings is 3. The van der Waals surface area contributed by atoms with Gasteiger partial charge in [0.25, 0.3) is 0 Å². The fraction of sp³-hybridized carbons (Fsp3) is 0.242. The van der Waals surface area contributed by atoms with Gasteiger partial charge in [-0.15, -0.1) is 0 Å². The van der Waals surface area contributed by atoms with Gasteiger partial charge in [-0.05, 0) is 52.6 Å². The van der Waals surface area contributed by atoms with E-state index < -0.39 is 33.4 Å². The molecule has 0 aliphatic carbocycles. The molecular formula is C33H29F3N4O6S. The van der Waals surface area contributed by atoms with Gasteiger partial charge in [0, 0.05) is 44.8 Å². The molecule has 47 heavy (non-hydrogen) atoms. The van der Waals surface area contributed by atoms with Gasteiger partial charge in [-0.25, -0.2) is 36.4 Å². The maximum absolute atomic E-state index is 15.5. The van der Waals surface area contributed by atoms with Crippen LogP contribution in [0.4, 0.5) is 13.2 Å². The first-order valence-electron chi connectivity index (χ1n) is 14.5. The van der Waals surface area contributed by atoms with Crippen LogP contribution in [0.15, 0.2) is 60.7 Å². The number of hydrogen-bond acceptors (Lipinski definition) is 7. The number of rotatable bonds is 11. The van der Waals surface area contributed by atoms with Gasteiger partial charge in [-0.2, -0.15) is 4.31 Å². The van der Waals surface area contributed by atoms with Crippen LogP contribution in [0.5, 0.6) is 5.88 Å². The molecule has 10 nitrogen and oxygen atoms in total. The van der Waals surface area contributed by atoms with Crippen molar-refractivity contribution in [2.45, 2.75) is 32.7 Å². The minimum Gasteiger partial charge on any atom is -0.478 e. The van der Waals surface area contributed by atoms with Crippen LogP contribution in [-0.2, 0) is 47.4 Å². The van der Waals surface area contributed by atoms with Gasteiger partial charge >= 0.3 is 5.97 Å². The fourth-order valence-electron chi connectivity index (χ4n) is 5.55. The maximum atomic E-state index is 15.5. The van der Waals surface area contributed by atoms with E-state index in [0.717, 1.165) is 34.9 Å². The molecule has 0 saturated carbocycles. The summed E-state index contributed by atoms with van der Waals surface area (Å²) in [6, 6.07) is 14.5. The van der Waals surface area contributed by atoms with Crippen LogP contribution in [0.3, 0.4) is 0 Å². The van der Waals surface area contributed by atoms with Crippen molar-refractivity contribution in [2.75, 3.05) is 20.0 Å². The molecule has 14 heteroatoms. The van der Waals surface area contributed by atoms with Crippen molar-refractivity contribution in [3.05, 3.63) is 112 Å². The smallest absolute Gasteiger partial charge is 0.335 e. The molecule has 1 aliphatic heterocycles. The second-order valence-corrected chi connectivity index (χ2v) is 13.2. The van der Waals surface area contributed by atoms with Gasteiger partial charge in [0.2, 0.25) is 15.9 Å². The van der Waals surface area contributed by atoms with Crippen LogP contribution in [0.25, 0.3) is 22.3 Å². The van der Waals surface area contributed by atoms with Crippen molar-refractivity contribution >= 4 is 27.0 Å². The number of carboxylic acids is 1. The zero-order valence-corrected chi connectivity index (χ0v) is 26.2. The quantitative estimate of drug-likeness (QED) is 0.201. The molecule has 0 radical (unpaired) electrons.